The van der Waals surface area contributed by atoms with E-state index in [4.69, 9.17) is 11.6 Å². The number of carbonyl (C=O) groups is 1. The van der Waals surface area contributed by atoms with Crippen molar-refractivity contribution < 1.29 is 4.79 Å². The van der Waals surface area contributed by atoms with Crippen LogP contribution in [-0.4, -0.2) is 18.3 Å². The van der Waals surface area contributed by atoms with Crippen molar-refractivity contribution in [2.45, 2.75) is 58.3 Å². The third-order valence-corrected chi connectivity index (χ3v) is 2.86. The summed E-state index contributed by atoms with van der Waals surface area (Å²) < 4.78 is 0. The smallest absolute Gasteiger partial charge is 0.220 e. The van der Waals surface area contributed by atoms with Crippen LogP contribution in [0.25, 0.3) is 0 Å². The molecule has 0 aliphatic carbocycles. The molecule has 17 heavy (non-hydrogen) atoms. The van der Waals surface area contributed by atoms with Gasteiger partial charge in [0.2, 0.25) is 5.91 Å². The molecule has 0 aliphatic heterocycles. The molecular weight excluding hydrogens is 234 g/mol. The Hall–Kier alpha value is -0.500. The Labute approximate surface area is 111 Å². The molecule has 0 atom stereocenters. The van der Waals surface area contributed by atoms with E-state index < -0.39 is 0 Å². The van der Waals surface area contributed by atoms with Crippen LogP contribution in [0.5, 0.6) is 0 Å². The van der Waals surface area contributed by atoms with E-state index in [-0.39, 0.29) is 5.91 Å². The number of rotatable bonds is 11. The maximum absolute atomic E-state index is 11.4. The number of amides is 1. The highest BCUT2D eigenvalue weighted by atomic mass is 35.5. The molecule has 0 unspecified atom stereocenters. The predicted molar refractivity (Wildman–Crippen MR) is 75.5 cm³/mol. The zero-order valence-electron chi connectivity index (χ0n) is 11.0. The van der Waals surface area contributed by atoms with Gasteiger partial charge in [-0.1, -0.05) is 57.6 Å². The fraction of sp³-hybridized carbons (Fsp3) is 0.786. The van der Waals surface area contributed by atoms with E-state index in [2.05, 4.69) is 12.2 Å². The molecule has 3 heteroatoms. The minimum Gasteiger partial charge on any atom is -0.353 e. The second kappa shape index (κ2) is 13.6. The van der Waals surface area contributed by atoms with E-state index in [0.717, 1.165) is 6.42 Å². The summed E-state index contributed by atoms with van der Waals surface area (Å²) >= 11 is 5.47. The SMILES string of the molecule is CCCCCCCCCC(=O)NC/C=C/CCl. The molecule has 1 N–H and O–H groups in total. The molecule has 1 amide bonds. The lowest BCUT2D eigenvalue weighted by Crippen LogP contribution is -2.22. The molecule has 2 nitrogen and oxygen atoms in total. The Kier molecular flexibility index (Phi) is 13.2. The van der Waals surface area contributed by atoms with E-state index >= 15 is 0 Å². The molecule has 0 aromatic rings. The van der Waals surface area contributed by atoms with Crippen molar-refractivity contribution in [2.75, 3.05) is 12.4 Å². The third-order valence-electron chi connectivity index (χ3n) is 2.68. The molecule has 0 saturated heterocycles. The minimum atomic E-state index is 0.151. The third kappa shape index (κ3) is 13.4. The lowest BCUT2D eigenvalue weighted by atomic mass is 10.1. The molecule has 0 radical (unpaired) electrons. The molecule has 0 aliphatic rings. The zero-order chi connectivity index (χ0) is 12.8. The largest absolute Gasteiger partial charge is 0.353 e. The van der Waals surface area contributed by atoms with Crippen LogP contribution in [0.3, 0.4) is 0 Å². The highest BCUT2D eigenvalue weighted by Crippen LogP contribution is 2.08. The first-order valence-corrected chi connectivity index (χ1v) is 7.32. The number of carbonyl (C=O) groups excluding carboxylic acids is 1. The van der Waals surface area contributed by atoms with Crippen LogP contribution in [0.1, 0.15) is 58.3 Å². The summed E-state index contributed by atoms with van der Waals surface area (Å²) in [6, 6.07) is 0. The molecule has 0 heterocycles. The van der Waals surface area contributed by atoms with Crippen LogP contribution in [0.15, 0.2) is 12.2 Å². The summed E-state index contributed by atoms with van der Waals surface area (Å²) in [6.07, 6.45) is 13.1. The van der Waals surface area contributed by atoms with Gasteiger partial charge in [-0.05, 0) is 6.42 Å². The number of halogens is 1. The molecular formula is C14H26ClNO. The lowest BCUT2D eigenvalue weighted by Gasteiger charge is -2.02. The number of allylic oxidation sites excluding steroid dienone is 1. The van der Waals surface area contributed by atoms with E-state index in [9.17, 15) is 4.79 Å². The van der Waals surface area contributed by atoms with Gasteiger partial charge in [0.1, 0.15) is 0 Å². The van der Waals surface area contributed by atoms with Gasteiger partial charge in [-0.2, -0.15) is 0 Å². The van der Waals surface area contributed by atoms with Crippen molar-refractivity contribution in [1.29, 1.82) is 0 Å². The lowest BCUT2D eigenvalue weighted by molar-refractivity contribution is -0.121. The maximum atomic E-state index is 11.4. The fourth-order valence-electron chi connectivity index (χ4n) is 1.65. The van der Waals surface area contributed by atoms with Gasteiger partial charge in [0.15, 0.2) is 0 Å². The van der Waals surface area contributed by atoms with Gasteiger partial charge in [-0.15, -0.1) is 11.6 Å². The quantitative estimate of drug-likeness (QED) is 0.339. The first kappa shape index (κ1) is 16.5. The number of unbranched alkanes of at least 4 members (excludes halogenated alkanes) is 6. The van der Waals surface area contributed by atoms with Crippen molar-refractivity contribution in [1.82, 2.24) is 5.32 Å². The Morgan fingerprint density at radius 3 is 2.35 bits per heavy atom. The van der Waals surface area contributed by atoms with Gasteiger partial charge < -0.3 is 5.32 Å². The fourth-order valence-corrected chi connectivity index (χ4v) is 1.78. The standard InChI is InChI=1S/C14H26ClNO/c1-2-3-4-5-6-7-8-11-14(17)16-13-10-9-12-15/h9-10H,2-8,11-13H2,1H3,(H,16,17)/b10-9+. The second-order valence-corrected chi connectivity index (χ2v) is 4.61. The Morgan fingerprint density at radius 2 is 1.71 bits per heavy atom. The van der Waals surface area contributed by atoms with Crippen LogP contribution in [0.2, 0.25) is 0 Å². The summed E-state index contributed by atoms with van der Waals surface area (Å²) in [5, 5.41) is 2.84. The summed E-state index contributed by atoms with van der Waals surface area (Å²) in [7, 11) is 0. The summed E-state index contributed by atoms with van der Waals surface area (Å²) in [4.78, 5) is 11.4. The van der Waals surface area contributed by atoms with Gasteiger partial charge in [-0.3, -0.25) is 4.79 Å². The van der Waals surface area contributed by atoms with Gasteiger partial charge in [0, 0.05) is 18.8 Å². The predicted octanol–water partition coefficient (Wildman–Crippen LogP) is 4.04. The maximum Gasteiger partial charge on any atom is 0.220 e. The molecule has 0 saturated carbocycles. The Morgan fingerprint density at radius 1 is 1.06 bits per heavy atom. The van der Waals surface area contributed by atoms with Crippen LogP contribution >= 0.6 is 11.6 Å². The normalized spacial score (nSPS) is 10.9. The molecule has 0 aromatic heterocycles. The van der Waals surface area contributed by atoms with Crippen molar-refractivity contribution in [2.24, 2.45) is 0 Å². The Bertz CT molecular complexity index is 204. The van der Waals surface area contributed by atoms with Gasteiger partial charge in [-0.25, -0.2) is 0 Å². The molecule has 0 aromatic carbocycles. The molecule has 100 valence electrons. The van der Waals surface area contributed by atoms with Crippen molar-refractivity contribution in [3.05, 3.63) is 12.2 Å². The van der Waals surface area contributed by atoms with Crippen molar-refractivity contribution in [3.63, 3.8) is 0 Å². The second-order valence-electron chi connectivity index (χ2n) is 4.30. The first-order valence-electron chi connectivity index (χ1n) is 6.79. The highest BCUT2D eigenvalue weighted by molar-refractivity contribution is 6.18. The number of hydrogen-bond donors (Lipinski definition) is 1. The van der Waals surface area contributed by atoms with E-state index in [1.807, 2.05) is 12.2 Å². The van der Waals surface area contributed by atoms with Crippen LogP contribution in [-0.2, 0) is 4.79 Å². The van der Waals surface area contributed by atoms with Crippen molar-refractivity contribution >= 4 is 17.5 Å². The zero-order valence-corrected chi connectivity index (χ0v) is 11.8. The minimum absolute atomic E-state index is 0.151. The molecule has 0 fully saturated rings. The summed E-state index contributed by atoms with van der Waals surface area (Å²) in [6.45, 7) is 2.82. The van der Waals surface area contributed by atoms with Gasteiger partial charge >= 0.3 is 0 Å². The average molecular weight is 260 g/mol. The van der Waals surface area contributed by atoms with Crippen LogP contribution < -0.4 is 5.32 Å². The molecule has 0 rings (SSSR count). The van der Waals surface area contributed by atoms with Crippen molar-refractivity contribution in [3.8, 4) is 0 Å². The monoisotopic (exact) mass is 259 g/mol. The number of hydrogen-bond acceptors (Lipinski definition) is 1. The van der Waals surface area contributed by atoms with Crippen LogP contribution in [0, 0.1) is 0 Å². The van der Waals surface area contributed by atoms with E-state index in [1.165, 1.54) is 38.5 Å². The van der Waals surface area contributed by atoms with E-state index in [0.29, 0.717) is 18.8 Å². The summed E-state index contributed by atoms with van der Waals surface area (Å²) in [5.41, 5.74) is 0. The topological polar surface area (TPSA) is 29.1 Å². The number of alkyl halides is 1. The van der Waals surface area contributed by atoms with Crippen LogP contribution in [0.4, 0.5) is 0 Å². The van der Waals surface area contributed by atoms with Gasteiger partial charge in [0.25, 0.3) is 0 Å². The average Bonchev–Trinajstić information content (AvgIpc) is 2.33. The van der Waals surface area contributed by atoms with E-state index in [1.54, 1.807) is 0 Å². The Balaban J connectivity index is 3.19. The number of nitrogens with one attached hydrogen (secondary N) is 1. The molecule has 0 bridgehead atoms. The first-order chi connectivity index (χ1) is 8.31. The molecule has 0 spiro atoms. The summed E-state index contributed by atoms with van der Waals surface area (Å²) in [5.74, 6) is 0.658. The highest BCUT2D eigenvalue weighted by Gasteiger charge is 1.98. The van der Waals surface area contributed by atoms with Gasteiger partial charge in [0.05, 0.1) is 0 Å².